The minimum absolute atomic E-state index is 0.216. The number of nitrogens with one attached hydrogen (secondary N) is 1. The third-order valence-corrected chi connectivity index (χ3v) is 4.58. The first-order valence-electron chi connectivity index (χ1n) is 7.13. The number of carboxylic acid groups (broad SMARTS) is 1. The van der Waals surface area contributed by atoms with Crippen LogP contribution in [0.1, 0.15) is 36.7 Å². The number of ketones is 1. The number of hydrogen-bond acceptors (Lipinski definition) is 6. The number of aliphatic carboxylic acids is 1. The van der Waals surface area contributed by atoms with Crippen molar-refractivity contribution in [2.75, 3.05) is 6.54 Å². The molecule has 8 nitrogen and oxygen atoms in total. The van der Waals surface area contributed by atoms with E-state index in [-0.39, 0.29) is 17.2 Å². The van der Waals surface area contributed by atoms with Crippen molar-refractivity contribution < 1.29 is 24.3 Å². The van der Waals surface area contributed by atoms with Gasteiger partial charge in [0.2, 0.25) is 5.91 Å². The maximum absolute atomic E-state index is 12.4. The Morgan fingerprint density at radius 2 is 2.22 bits per heavy atom. The predicted octanol–water partition coefficient (Wildman–Crippen LogP) is 0.706. The summed E-state index contributed by atoms with van der Waals surface area (Å²) in [5.41, 5.74) is 0.216. The number of rotatable bonds is 6. The van der Waals surface area contributed by atoms with Crippen LogP contribution in [0.25, 0.3) is 0 Å². The highest BCUT2D eigenvalue weighted by Crippen LogP contribution is 2.24. The Bertz CT molecular complexity index is 616. The van der Waals surface area contributed by atoms with Gasteiger partial charge in [-0.15, -0.1) is 0 Å². The van der Waals surface area contributed by atoms with E-state index in [2.05, 4.69) is 10.2 Å². The first-order valence-corrected chi connectivity index (χ1v) is 8.01. The topological polar surface area (TPSA) is 120 Å². The van der Waals surface area contributed by atoms with Gasteiger partial charge in [-0.2, -0.15) is 5.10 Å². The molecule has 1 aliphatic rings. The van der Waals surface area contributed by atoms with E-state index < -0.39 is 29.0 Å². The van der Waals surface area contributed by atoms with Gasteiger partial charge in [0.05, 0.1) is 5.25 Å². The van der Waals surface area contributed by atoms with Crippen molar-refractivity contribution in [3.8, 4) is 0 Å². The Kier molecular flexibility index (Phi) is 5.54. The summed E-state index contributed by atoms with van der Waals surface area (Å²) >= 11 is 0.771. The molecule has 2 rings (SSSR count). The molecule has 0 radical (unpaired) electrons. The Balaban J connectivity index is 2.11. The minimum Gasteiger partial charge on any atom is -0.480 e. The molecule has 0 saturated carbocycles. The second-order valence-corrected chi connectivity index (χ2v) is 6.60. The molecule has 1 unspecified atom stereocenters. The zero-order valence-corrected chi connectivity index (χ0v) is 13.3. The maximum Gasteiger partial charge on any atom is 0.326 e. The Morgan fingerprint density at radius 1 is 1.48 bits per heavy atom. The van der Waals surface area contributed by atoms with E-state index in [4.69, 9.17) is 5.11 Å². The van der Waals surface area contributed by atoms with Gasteiger partial charge in [0, 0.05) is 26.1 Å². The largest absolute Gasteiger partial charge is 0.480 e. The van der Waals surface area contributed by atoms with Crippen LogP contribution >= 0.6 is 11.8 Å². The van der Waals surface area contributed by atoms with Gasteiger partial charge in [-0.25, -0.2) is 4.79 Å². The summed E-state index contributed by atoms with van der Waals surface area (Å²) < 4.78 is 0. The molecule has 9 heteroatoms. The number of H-pyrrole nitrogens is 1. The monoisotopic (exact) mass is 339 g/mol. The van der Waals surface area contributed by atoms with E-state index in [0.29, 0.717) is 19.4 Å². The van der Waals surface area contributed by atoms with Gasteiger partial charge in [0.15, 0.2) is 10.9 Å². The normalized spacial score (nSPS) is 18.7. The highest BCUT2D eigenvalue weighted by molar-refractivity contribution is 8.14. The molecule has 0 spiro atoms. The number of likely N-dealkylation sites (tertiary alicyclic amines) is 1. The number of carbonyl (C=O) groups is 4. The zero-order chi connectivity index (χ0) is 17.0. The Morgan fingerprint density at radius 3 is 2.78 bits per heavy atom. The smallest absolute Gasteiger partial charge is 0.326 e. The fourth-order valence-electron chi connectivity index (χ4n) is 2.55. The number of Topliss-reactive ketones (excluding diaryl/α,β-unsaturated/α-hetero) is 1. The summed E-state index contributed by atoms with van der Waals surface area (Å²) in [7, 11) is 0. The van der Waals surface area contributed by atoms with Gasteiger partial charge in [0.25, 0.3) is 0 Å². The summed E-state index contributed by atoms with van der Waals surface area (Å²) in [5, 5.41) is 14.2. The minimum atomic E-state index is -1.05. The van der Waals surface area contributed by atoms with Crippen molar-refractivity contribution in [2.24, 2.45) is 0 Å². The van der Waals surface area contributed by atoms with E-state index in [0.717, 1.165) is 11.8 Å². The van der Waals surface area contributed by atoms with Crippen molar-refractivity contribution in [1.82, 2.24) is 15.1 Å². The predicted molar refractivity (Wildman–Crippen MR) is 82.0 cm³/mol. The van der Waals surface area contributed by atoms with Gasteiger partial charge in [-0.05, 0) is 18.9 Å². The van der Waals surface area contributed by atoms with Crippen LogP contribution in [-0.4, -0.2) is 60.8 Å². The van der Waals surface area contributed by atoms with Crippen molar-refractivity contribution in [3.63, 3.8) is 0 Å². The molecule has 0 aromatic carbocycles. The summed E-state index contributed by atoms with van der Waals surface area (Å²) in [6.45, 7) is 1.67. The quantitative estimate of drug-likeness (QED) is 0.732. The average molecular weight is 339 g/mol. The summed E-state index contributed by atoms with van der Waals surface area (Å²) in [5.74, 6) is -1.88. The van der Waals surface area contributed by atoms with Gasteiger partial charge < -0.3 is 10.0 Å². The van der Waals surface area contributed by atoms with Crippen LogP contribution in [0.4, 0.5) is 0 Å². The summed E-state index contributed by atoms with van der Waals surface area (Å²) in [4.78, 5) is 48.6. The lowest BCUT2D eigenvalue weighted by Gasteiger charge is -2.23. The number of aromatic amines is 1. The molecule has 1 amide bonds. The van der Waals surface area contributed by atoms with Crippen LogP contribution < -0.4 is 0 Å². The molecule has 1 fully saturated rings. The molecular weight excluding hydrogens is 322 g/mol. The first kappa shape index (κ1) is 17.2. The van der Waals surface area contributed by atoms with Gasteiger partial charge >= 0.3 is 5.97 Å². The molecule has 124 valence electrons. The number of amides is 1. The lowest BCUT2D eigenvalue weighted by Crippen LogP contribution is -2.42. The van der Waals surface area contributed by atoms with E-state index in [1.54, 1.807) is 0 Å². The highest BCUT2D eigenvalue weighted by atomic mass is 32.2. The third-order valence-electron chi connectivity index (χ3n) is 3.59. The van der Waals surface area contributed by atoms with Crippen LogP contribution in [0.3, 0.4) is 0 Å². The van der Waals surface area contributed by atoms with Crippen LogP contribution in [-0.2, 0) is 14.4 Å². The number of nitrogens with zero attached hydrogens (tertiary/aromatic N) is 2. The number of carboxylic acids is 1. The van der Waals surface area contributed by atoms with Crippen molar-refractivity contribution in [3.05, 3.63) is 18.0 Å². The van der Waals surface area contributed by atoms with E-state index >= 15 is 0 Å². The molecular formula is C14H17N3O5S. The fourth-order valence-corrected chi connectivity index (χ4v) is 3.41. The van der Waals surface area contributed by atoms with Crippen LogP contribution in [0.2, 0.25) is 0 Å². The fraction of sp³-hybridized carbons (Fsp3) is 0.500. The van der Waals surface area contributed by atoms with Crippen molar-refractivity contribution in [2.45, 2.75) is 37.5 Å². The SMILES string of the molecule is CC(=O)SC(CC(=O)N1CCC[C@H]1C(=O)O)C(=O)c1ccn[nH]1. The number of thioether (sulfide) groups is 1. The lowest BCUT2D eigenvalue weighted by molar-refractivity contribution is -0.148. The molecule has 1 aromatic rings. The van der Waals surface area contributed by atoms with Gasteiger partial charge in [-0.3, -0.25) is 19.5 Å². The van der Waals surface area contributed by atoms with Gasteiger partial charge in [-0.1, -0.05) is 11.8 Å². The number of hydrogen-bond donors (Lipinski definition) is 2. The zero-order valence-electron chi connectivity index (χ0n) is 12.5. The molecule has 1 aromatic heterocycles. The van der Waals surface area contributed by atoms with Crippen LogP contribution in [0.5, 0.6) is 0 Å². The molecule has 1 aliphatic heterocycles. The van der Waals surface area contributed by atoms with Gasteiger partial charge in [0.1, 0.15) is 11.7 Å². The number of aromatic nitrogens is 2. The van der Waals surface area contributed by atoms with E-state index in [1.165, 1.54) is 24.1 Å². The third kappa shape index (κ3) is 4.19. The molecule has 23 heavy (non-hydrogen) atoms. The average Bonchev–Trinajstić information content (AvgIpc) is 3.16. The van der Waals surface area contributed by atoms with Crippen LogP contribution in [0.15, 0.2) is 12.3 Å². The van der Waals surface area contributed by atoms with E-state index in [9.17, 15) is 19.2 Å². The Labute approximate surface area is 136 Å². The van der Waals surface area contributed by atoms with Crippen molar-refractivity contribution in [1.29, 1.82) is 0 Å². The van der Waals surface area contributed by atoms with Crippen LogP contribution in [0, 0.1) is 0 Å². The molecule has 2 atom stereocenters. The van der Waals surface area contributed by atoms with E-state index in [1.807, 2.05) is 0 Å². The first-order chi connectivity index (χ1) is 10.9. The second-order valence-electron chi connectivity index (χ2n) is 5.22. The Hall–Kier alpha value is -2.16. The molecule has 0 aliphatic carbocycles. The van der Waals surface area contributed by atoms with Crippen molar-refractivity contribution >= 4 is 34.5 Å². The molecule has 1 saturated heterocycles. The maximum atomic E-state index is 12.4. The standard InChI is InChI=1S/C14H17N3O5S/c1-8(18)23-11(13(20)9-4-5-15-16-9)7-12(19)17-6-2-3-10(17)14(21)22/h4-5,10-11H,2-3,6-7H2,1H3,(H,15,16)(H,21,22)/t10-,11?/m0/s1. The highest BCUT2D eigenvalue weighted by Gasteiger charge is 2.36. The summed E-state index contributed by atoms with van der Waals surface area (Å²) in [6, 6.07) is 0.615. The second kappa shape index (κ2) is 7.40. The molecule has 2 N–H and O–H groups in total. The number of carbonyl (C=O) groups excluding carboxylic acids is 3. The lowest BCUT2D eigenvalue weighted by atomic mass is 10.1. The molecule has 0 bridgehead atoms. The summed E-state index contributed by atoms with van der Waals surface area (Å²) in [6.07, 6.45) is 2.21. The molecule has 2 heterocycles.